The summed E-state index contributed by atoms with van der Waals surface area (Å²) in [5.74, 6) is 1.28. The minimum Gasteiger partial charge on any atom is -0.400 e. The van der Waals surface area contributed by atoms with E-state index in [1.54, 1.807) is 12.1 Å². The Labute approximate surface area is 119 Å². The summed E-state index contributed by atoms with van der Waals surface area (Å²) in [6, 6.07) is 6.21. The van der Waals surface area contributed by atoms with Gasteiger partial charge in [-0.05, 0) is 45.9 Å². The molecule has 0 spiro atoms. The molecule has 1 aromatic carbocycles. The first-order chi connectivity index (χ1) is 9.25. The van der Waals surface area contributed by atoms with Crippen molar-refractivity contribution >= 4 is 13.2 Å². The second kappa shape index (κ2) is 5.04. The molecule has 1 aliphatic heterocycles. The van der Waals surface area contributed by atoms with E-state index in [2.05, 4.69) is 0 Å². The smallest absolute Gasteiger partial charge is 0.400 e. The van der Waals surface area contributed by atoms with E-state index < -0.39 is 18.3 Å². The van der Waals surface area contributed by atoms with Gasteiger partial charge in [0, 0.05) is 5.56 Å². The van der Waals surface area contributed by atoms with Crippen LogP contribution in [0.2, 0.25) is 0 Å². The normalized spacial score (nSPS) is 20.3. The average molecular weight is 273 g/mol. The van der Waals surface area contributed by atoms with Crippen LogP contribution in [0.1, 0.15) is 38.8 Å². The second-order valence-electron chi connectivity index (χ2n) is 5.83. The lowest BCUT2D eigenvalue weighted by molar-refractivity contribution is 0.00578. The van der Waals surface area contributed by atoms with E-state index in [4.69, 9.17) is 14.6 Å². The Morgan fingerprint density at radius 2 is 1.80 bits per heavy atom. The van der Waals surface area contributed by atoms with Crippen LogP contribution in [-0.2, 0) is 9.31 Å². The van der Waals surface area contributed by atoms with E-state index in [0.29, 0.717) is 11.1 Å². The summed E-state index contributed by atoms with van der Waals surface area (Å²) >= 11 is 0. The number of hydrogen-bond donors (Lipinski definition) is 0. The Morgan fingerprint density at radius 3 is 2.35 bits per heavy atom. The monoisotopic (exact) mass is 273 g/mol. The fraction of sp³-hybridized carbons (Fsp3) is 0.400. The molecule has 0 unspecified atom stereocenters. The maximum absolute atomic E-state index is 13.6. The third-order valence-corrected chi connectivity index (χ3v) is 3.83. The van der Waals surface area contributed by atoms with Crippen LogP contribution in [0, 0.1) is 17.1 Å². The number of hydrogen-bond acceptors (Lipinski definition) is 3. The van der Waals surface area contributed by atoms with Gasteiger partial charge in [0.1, 0.15) is 5.82 Å². The van der Waals surface area contributed by atoms with Gasteiger partial charge < -0.3 is 9.31 Å². The fourth-order valence-corrected chi connectivity index (χ4v) is 1.89. The first-order valence-corrected chi connectivity index (χ1v) is 6.49. The number of rotatable bonds is 2. The molecule has 1 aliphatic rings. The van der Waals surface area contributed by atoms with Crippen molar-refractivity contribution in [2.75, 3.05) is 0 Å². The van der Waals surface area contributed by atoms with Crippen LogP contribution >= 0.6 is 0 Å². The van der Waals surface area contributed by atoms with Crippen LogP contribution < -0.4 is 0 Å². The van der Waals surface area contributed by atoms with Gasteiger partial charge in [0.2, 0.25) is 0 Å². The Kier molecular flexibility index (Phi) is 3.72. The number of nitriles is 1. The van der Waals surface area contributed by atoms with Gasteiger partial charge in [0.25, 0.3) is 0 Å². The van der Waals surface area contributed by atoms with Gasteiger partial charge in [0.15, 0.2) is 0 Å². The predicted octanol–water partition coefficient (Wildman–Crippen LogP) is 3.34. The maximum Gasteiger partial charge on any atom is 0.487 e. The summed E-state index contributed by atoms with van der Waals surface area (Å²) in [6.45, 7) is 7.82. The standard InChI is InChI=1S/C15H17BFNO2/c1-14(2)15(3,4)20-16(19-14)8-7-12-9-11(10-18)5-6-13(12)17/h5-9H,1-4H3/b8-7+. The molecule has 1 aromatic rings. The van der Waals surface area contributed by atoms with Crippen LogP contribution in [0.3, 0.4) is 0 Å². The third-order valence-electron chi connectivity index (χ3n) is 3.83. The van der Waals surface area contributed by atoms with Crippen molar-refractivity contribution in [2.45, 2.75) is 38.9 Å². The van der Waals surface area contributed by atoms with Crippen molar-refractivity contribution in [1.29, 1.82) is 5.26 Å². The first kappa shape index (κ1) is 14.8. The summed E-state index contributed by atoms with van der Waals surface area (Å²) in [5, 5.41) is 8.82. The van der Waals surface area contributed by atoms with E-state index in [-0.39, 0.29) is 5.82 Å². The van der Waals surface area contributed by atoms with Gasteiger partial charge >= 0.3 is 7.12 Å². The van der Waals surface area contributed by atoms with Crippen LogP contribution in [0.25, 0.3) is 6.08 Å². The molecule has 2 rings (SSSR count). The molecule has 5 heteroatoms. The maximum atomic E-state index is 13.6. The van der Waals surface area contributed by atoms with E-state index in [1.165, 1.54) is 18.2 Å². The number of halogens is 1. The van der Waals surface area contributed by atoms with Crippen LogP contribution in [0.4, 0.5) is 4.39 Å². The summed E-state index contributed by atoms with van der Waals surface area (Å²) in [4.78, 5) is 0. The van der Waals surface area contributed by atoms with Gasteiger partial charge in [-0.3, -0.25) is 0 Å². The zero-order chi connectivity index (χ0) is 15.0. The molecule has 0 atom stereocenters. The zero-order valence-electron chi connectivity index (χ0n) is 12.1. The molecular formula is C15H17BFNO2. The third kappa shape index (κ3) is 2.77. The largest absolute Gasteiger partial charge is 0.487 e. The first-order valence-electron chi connectivity index (χ1n) is 6.49. The summed E-state index contributed by atoms with van der Waals surface area (Å²) in [5.41, 5.74) is -0.0804. The lowest BCUT2D eigenvalue weighted by Gasteiger charge is -2.32. The molecule has 1 heterocycles. The molecule has 0 radical (unpaired) electrons. The van der Waals surface area contributed by atoms with Gasteiger partial charge in [-0.25, -0.2) is 4.39 Å². The predicted molar refractivity (Wildman–Crippen MR) is 76.2 cm³/mol. The Morgan fingerprint density at radius 1 is 1.20 bits per heavy atom. The van der Waals surface area contributed by atoms with Crippen molar-refractivity contribution < 1.29 is 13.7 Å². The minimum absolute atomic E-state index is 0.346. The SMILES string of the molecule is CC1(C)OB(/C=C/c2cc(C#N)ccc2F)OC1(C)C. The molecule has 0 N–H and O–H groups in total. The van der Waals surface area contributed by atoms with Crippen molar-refractivity contribution in [3.05, 3.63) is 41.1 Å². The molecule has 0 aliphatic carbocycles. The molecule has 1 fully saturated rings. The average Bonchev–Trinajstić information content (AvgIpc) is 2.57. The molecule has 20 heavy (non-hydrogen) atoms. The molecule has 1 saturated heterocycles. The summed E-state index contributed by atoms with van der Waals surface area (Å²) in [6.07, 6.45) is 1.58. The fourth-order valence-electron chi connectivity index (χ4n) is 1.89. The van der Waals surface area contributed by atoms with Gasteiger partial charge in [-0.1, -0.05) is 12.1 Å². The minimum atomic E-state index is -0.523. The van der Waals surface area contributed by atoms with Gasteiger partial charge in [0.05, 0.1) is 22.8 Å². The highest BCUT2D eigenvalue weighted by molar-refractivity contribution is 6.52. The van der Waals surface area contributed by atoms with Crippen molar-refractivity contribution in [3.63, 3.8) is 0 Å². The number of nitrogens with zero attached hydrogens (tertiary/aromatic N) is 1. The highest BCUT2D eigenvalue weighted by atomic mass is 19.1. The topological polar surface area (TPSA) is 42.2 Å². The van der Waals surface area contributed by atoms with Crippen LogP contribution in [0.5, 0.6) is 0 Å². The zero-order valence-corrected chi connectivity index (χ0v) is 12.1. The van der Waals surface area contributed by atoms with Crippen LogP contribution in [-0.4, -0.2) is 18.3 Å². The van der Waals surface area contributed by atoms with Crippen LogP contribution in [0.15, 0.2) is 24.2 Å². The van der Waals surface area contributed by atoms with Crippen molar-refractivity contribution in [2.24, 2.45) is 0 Å². The van der Waals surface area contributed by atoms with Gasteiger partial charge in [-0.2, -0.15) is 5.26 Å². The van der Waals surface area contributed by atoms with E-state index in [9.17, 15) is 4.39 Å². The quantitative estimate of drug-likeness (QED) is 0.776. The lowest BCUT2D eigenvalue weighted by Crippen LogP contribution is -2.41. The van der Waals surface area contributed by atoms with Gasteiger partial charge in [-0.15, -0.1) is 0 Å². The molecule has 0 amide bonds. The Hall–Kier alpha value is -1.64. The molecule has 0 aromatic heterocycles. The van der Waals surface area contributed by atoms with E-state index >= 15 is 0 Å². The highest BCUT2D eigenvalue weighted by Crippen LogP contribution is 2.37. The molecule has 104 valence electrons. The highest BCUT2D eigenvalue weighted by Gasteiger charge is 2.49. The van der Waals surface area contributed by atoms with Crippen molar-refractivity contribution in [1.82, 2.24) is 0 Å². The second-order valence-corrected chi connectivity index (χ2v) is 5.83. The molecule has 3 nitrogen and oxygen atoms in total. The molecular weight excluding hydrogens is 256 g/mol. The van der Waals surface area contributed by atoms with E-state index in [0.717, 1.165) is 0 Å². The Bertz CT molecular complexity index is 574. The number of benzene rings is 1. The molecule has 0 saturated carbocycles. The Balaban J connectivity index is 2.18. The molecule has 0 bridgehead atoms. The lowest BCUT2D eigenvalue weighted by atomic mass is 9.89. The summed E-state index contributed by atoms with van der Waals surface area (Å²) in [7, 11) is -0.523. The van der Waals surface area contributed by atoms with Crippen molar-refractivity contribution in [3.8, 4) is 6.07 Å². The summed E-state index contributed by atoms with van der Waals surface area (Å²) < 4.78 is 25.2. The van der Waals surface area contributed by atoms with E-state index in [1.807, 2.05) is 33.8 Å².